The van der Waals surface area contributed by atoms with Crippen molar-refractivity contribution in [2.24, 2.45) is 4.99 Å². The van der Waals surface area contributed by atoms with Gasteiger partial charge < -0.3 is 24.8 Å². The van der Waals surface area contributed by atoms with Crippen molar-refractivity contribution in [1.82, 2.24) is 25.2 Å². The highest BCUT2D eigenvalue weighted by atomic mass is 127. The number of aliphatic imine (C=N–C) groups is 1. The van der Waals surface area contributed by atoms with E-state index in [0.29, 0.717) is 36.3 Å². The van der Waals surface area contributed by atoms with Crippen LogP contribution >= 0.6 is 24.0 Å². The first kappa shape index (κ1) is 23.5. The number of hydrogen-bond donors (Lipinski definition) is 2. The van der Waals surface area contributed by atoms with Gasteiger partial charge in [0.2, 0.25) is 5.75 Å². The number of pyridine rings is 1. The lowest BCUT2D eigenvalue weighted by Crippen LogP contribution is -2.37. The maximum atomic E-state index is 5.41. The third kappa shape index (κ3) is 5.43. The Bertz CT molecular complexity index is 967. The lowest BCUT2D eigenvalue weighted by atomic mass is 10.2. The van der Waals surface area contributed by atoms with Gasteiger partial charge in [0.25, 0.3) is 0 Å². The first-order valence-corrected chi connectivity index (χ1v) is 9.29. The maximum absolute atomic E-state index is 5.41. The third-order valence-electron chi connectivity index (χ3n) is 4.29. The molecule has 1 aromatic carbocycles. The van der Waals surface area contributed by atoms with Crippen molar-refractivity contribution in [2.45, 2.75) is 20.0 Å². The lowest BCUT2D eigenvalue weighted by molar-refractivity contribution is 0.324. The number of halogens is 1. The second kappa shape index (κ2) is 11.4. The number of fused-ring (bicyclic) bond motifs is 1. The van der Waals surface area contributed by atoms with E-state index in [9.17, 15) is 0 Å². The van der Waals surface area contributed by atoms with Gasteiger partial charge in [-0.1, -0.05) is 6.07 Å². The molecule has 3 rings (SSSR count). The van der Waals surface area contributed by atoms with Gasteiger partial charge in [0.05, 0.1) is 34.4 Å². The van der Waals surface area contributed by atoms with Crippen molar-refractivity contribution in [3.8, 4) is 17.2 Å². The van der Waals surface area contributed by atoms with Gasteiger partial charge in [0.1, 0.15) is 0 Å². The average Bonchev–Trinajstić information content (AvgIpc) is 3.18. The van der Waals surface area contributed by atoms with Gasteiger partial charge in [-0.05, 0) is 36.8 Å². The van der Waals surface area contributed by atoms with Crippen LogP contribution in [0.4, 0.5) is 0 Å². The number of hydrogen-bond acceptors (Lipinski definition) is 6. The second-order valence-corrected chi connectivity index (χ2v) is 6.13. The summed E-state index contributed by atoms with van der Waals surface area (Å²) in [4.78, 5) is 4.65. The predicted molar refractivity (Wildman–Crippen MR) is 126 cm³/mol. The predicted octanol–water partition coefficient (Wildman–Crippen LogP) is 2.63. The molecular weight excluding hydrogens is 499 g/mol. The highest BCUT2D eigenvalue weighted by molar-refractivity contribution is 14.0. The van der Waals surface area contributed by atoms with Crippen LogP contribution in [0.15, 0.2) is 41.5 Å². The molecule has 0 bridgehead atoms. The molecular formula is C20H27IN6O3. The first-order chi connectivity index (χ1) is 14.2. The smallest absolute Gasteiger partial charge is 0.203 e. The number of benzene rings is 1. The summed E-state index contributed by atoms with van der Waals surface area (Å²) in [5, 5.41) is 14.9. The first-order valence-electron chi connectivity index (χ1n) is 9.29. The molecule has 0 saturated carbocycles. The van der Waals surface area contributed by atoms with Gasteiger partial charge >= 0.3 is 0 Å². The highest BCUT2D eigenvalue weighted by Gasteiger charge is 2.13. The van der Waals surface area contributed by atoms with E-state index in [2.05, 4.69) is 25.8 Å². The molecule has 2 N–H and O–H groups in total. The Hall–Kier alpha value is -2.76. The molecule has 0 radical (unpaired) electrons. The van der Waals surface area contributed by atoms with Crippen LogP contribution in [0, 0.1) is 0 Å². The molecule has 30 heavy (non-hydrogen) atoms. The number of guanidine groups is 1. The molecule has 10 heteroatoms. The SMILES string of the molecule is CCNC(=NCc1cc(OC)c(OC)c(OC)c1)NCc1nnc2ccccn12.I. The minimum absolute atomic E-state index is 0. The number of rotatable bonds is 8. The van der Waals surface area contributed by atoms with Crippen molar-refractivity contribution < 1.29 is 14.2 Å². The Labute approximate surface area is 192 Å². The molecule has 0 aliphatic heterocycles. The Kier molecular flexibility index (Phi) is 8.96. The summed E-state index contributed by atoms with van der Waals surface area (Å²) in [6.45, 7) is 3.68. The van der Waals surface area contributed by atoms with Gasteiger partial charge in [-0.2, -0.15) is 0 Å². The zero-order chi connectivity index (χ0) is 20.6. The van der Waals surface area contributed by atoms with Crippen molar-refractivity contribution in [2.75, 3.05) is 27.9 Å². The van der Waals surface area contributed by atoms with Crippen LogP contribution in [0.3, 0.4) is 0 Å². The maximum Gasteiger partial charge on any atom is 0.203 e. The molecule has 0 aliphatic carbocycles. The molecule has 9 nitrogen and oxygen atoms in total. The topological polar surface area (TPSA) is 94.3 Å². The molecule has 0 unspecified atom stereocenters. The van der Waals surface area contributed by atoms with Crippen molar-refractivity contribution in [1.29, 1.82) is 0 Å². The Balaban J connectivity index is 0.00000320. The van der Waals surface area contributed by atoms with E-state index < -0.39 is 0 Å². The number of nitrogens with zero attached hydrogens (tertiary/aromatic N) is 4. The summed E-state index contributed by atoms with van der Waals surface area (Å²) in [6.07, 6.45) is 1.94. The molecule has 0 aliphatic rings. The van der Waals surface area contributed by atoms with Crippen molar-refractivity contribution in [3.63, 3.8) is 0 Å². The zero-order valence-corrected chi connectivity index (χ0v) is 19.8. The van der Waals surface area contributed by atoms with Gasteiger partial charge in [0, 0.05) is 12.7 Å². The quantitative estimate of drug-likeness (QED) is 0.265. The largest absolute Gasteiger partial charge is 0.493 e. The van der Waals surface area contributed by atoms with Gasteiger partial charge in [-0.15, -0.1) is 34.2 Å². The van der Waals surface area contributed by atoms with E-state index in [4.69, 9.17) is 14.2 Å². The van der Waals surface area contributed by atoms with Crippen LogP contribution < -0.4 is 24.8 Å². The van der Waals surface area contributed by atoms with Gasteiger partial charge in [-0.3, -0.25) is 4.40 Å². The van der Waals surface area contributed by atoms with Crippen LogP contribution in [0.5, 0.6) is 17.2 Å². The molecule has 3 aromatic rings. The number of ether oxygens (including phenoxy) is 3. The fourth-order valence-corrected chi connectivity index (χ4v) is 2.91. The molecule has 0 saturated heterocycles. The van der Waals surface area contributed by atoms with Crippen LogP contribution in [0.2, 0.25) is 0 Å². The monoisotopic (exact) mass is 526 g/mol. The van der Waals surface area contributed by atoms with Crippen molar-refractivity contribution in [3.05, 3.63) is 47.9 Å². The van der Waals surface area contributed by atoms with E-state index in [1.54, 1.807) is 21.3 Å². The van der Waals surface area contributed by atoms with E-state index >= 15 is 0 Å². The summed E-state index contributed by atoms with van der Waals surface area (Å²) in [5.41, 5.74) is 1.74. The van der Waals surface area contributed by atoms with Gasteiger partial charge in [-0.25, -0.2) is 4.99 Å². The fourth-order valence-electron chi connectivity index (χ4n) is 2.91. The summed E-state index contributed by atoms with van der Waals surface area (Å²) < 4.78 is 18.1. The molecule has 162 valence electrons. The molecule has 0 fully saturated rings. The van der Waals surface area contributed by atoms with E-state index in [0.717, 1.165) is 23.6 Å². The Morgan fingerprint density at radius 3 is 2.40 bits per heavy atom. The lowest BCUT2D eigenvalue weighted by Gasteiger charge is -2.14. The summed E-state index contributed by atoms with van der Waals surface area (Å²) >= 11 is 0. The Morgan fingerprint density at radius 1 is 1.03 bits per heavy atom. The molecule has 0 atom stereocenters. The molecule has 2 heterocycles. The van der Waals surface area contributed by atoms with E-state index in [1.807, 2.05) is 47.9 Å². The van der Waals surface area contributed by atoms with Gasteiger partial charge in [0.15, 0.2) is 28.9 Å². The summed E-state index contributed by atoms with van der Waals surface area (Å²) in [5.74, 6) is 3.24. The van der Waals surface area contributed by atoms with Crippen LogP contribution in [0.25, 0.3) is 5.65 Å². The highest BCUT2D eigenvalue weighted by Crippen LogP contribution is 2.38. The number of aromatic nitrogens is 3. The molecule has 2 aromatic heterocycles. The number of methoxy groups -OCH3 is 3. The van der Waals surface area contributed by atoms with Crippen LogP contribution in [-0.2, 0) is 13.1 Å². The number of nitrogens with one attached hydrogen (secondary N) is 2. The summed E-state index contributed by atoms with van der Waals surface area (Å²) in [7, 11) is 4.78. The van der Waals surface area contributed by atoms with Crippen LogP contribution in [-0.4, -0.2) is 48.4 Å². The average molecular weight is 526 g/mol. The third-order valence-corrected chi connectivity index (χ3v) is 4.29. The minimum Gasteiger partial charge on any atom is -0.493 e. The van der Waals surface area contributed by atoms with Crippen molar-refractivity contribution >= 4 is 35.6 Å². The van der Waals surface area contributed by atoms with Crippen LogP contribution in [0.1, 0.15) is 18.3 Å². The summed E-state index contributed by atoms with van der Waals surface area (Å²) in [6, 6.07) is 9.58. The molecule has 0 amide bonds. The minimum atomic E-state index is 0. The van der Waals surface area contributed by atoms with E-state index in [1.165, 1.54) is 0 Å². The normalized spacial score (nSPS) is 11.0. The second-order valence-electron chi connectivity index (χ2n) is 6.13. The standard InChI is InChI=1S/C20H26N6O3.HI/c1-5-21-20(23-13-18-25-24-17-8-6-7-9-26(17)18)22-12-14-10-15(27-2)19(29-4)16(11-14)28-3;/h6-11H,5,12-13H2,1-4H3,(H2,21,22,23);1H. The van der Waals surface area contributed by atoms with E-state index in [-0.39, 0.29) is 24.0 Å². The fraction of sp³-hybridized carbons (Fsp3) is 0.350. The zero-order valence-electron chi connectivity index (χ0n) is 17.5. The molecule has 0 spiro atoms. The Morgan fingerprint density at radius 2 is 1.77 bits per heavy atom.